The molecule has 0 amide bonds. The molecule has 1 aromatic rings. The van der Waals surface area contributed by atoms with E-state index in [4.69, 9.17) is 9.47 Å². The van der Waals surface area contributed by atoms with Crippen LogP contribution in [0.15, 0.2) is 35.2 Å². The minimum absolute atomic E-state index is 0.239. The summed E-state index contributed by atoms with van der Waals surface area (Å²) in [4.78, 5) is 11.5. The summed E-state index contributed by atoms with van der Waals surface area (Å²) in [5.41, 5.74) is 0.731. The number of carbonyl (C=O) groups is 1. The van der Waals surface area contributed by atoms with E-state index in [9.17, 15) is 13.2 Å². The number of carbonyl (C=O) groups excluding carboxylic acids is 1. The number of hydrogen-bond donors (Lipinski definition) is 0. The molecule has 120 valence electrons. The lowest BCUT2D eigenvalue weighted by Gasteiger charge is -2.26. The minimum atomic E-state index is -3.48. The lowest BCUT2D eigenvalue weighted by atomic mass is 10.2. The van der Waals surface area contributed by atoms with Crippen LogP contribution in [0.1, 0.15) is 12.5 Å². The van der Waals surface area contributed by atoms with Crippen LogP contribution in [0, 0.1) is 0 Å². The third-order valence-corrected chi connectivity index (χ3v) is 5.10. The summed E-state index contributed by atoms with van der Waals surface area (Å²) in [6.07, 6.45) is 2.90. The van der Waals surface area contributed by atoms with Crippen LogP contribution < -0.4 is 0 Å². The second kappa shape index (κ2) is 7.53. The molecule has 0 bridgehead atoms. The van der Waals surface area contributed by atoms with Crippen molar-refractivity contribution in [3.8, 4) is 0 Å². The smallest absolute Gasteiger partial charge is 0.330 e. The van der Waals surface area contributed by atoms with E-state index >= 15 is 0 Å². The Morgan fingerprint density at radius 2 is 1.91 bits per heavy atom. The van der Waals surface area contributed by atoms with Crippen LogP contribution in [-0.2, 0) is 24.3 Å². The second-order valence-corrected chi connectivity index (χ2v) is 6.61. The number of sulfonamides is 1. The van der Waals surface area contributed by atoms with E-state index in [1.807, 2.05) is 0 Å². The molecule has 7 heteroatoms. The molecule has 0 aliphatic carbocycles. The quantitative estimate of drug-likeness (QED) is 0.602. The molecule has 0 atom stereocenters. The SMILES string of the molecule is CCOC(=O)/C=C/c1ccc(S(=O)(=O)N2CCOCC2)cc1. The van der Waals surface area contributed by atoms with Crippen LogP contribution in [0.5, 0.6) is 0 Å². The van der Waals surface area contributed by atoms with Gasteiger partial charge in [-0.3, -0.25) is 0 Å². The molecule has 0 N–H and O–H groups in total. The summed E-state index contributed by atoms with van der Waals surface area (Å²) in [7, 11) is -3.48. The van der Waals surface area contributed by atoms with Gasteiger partial charge in [0.05, 0.1) is 24.7 Å². The maximum absolute atomic E-state index is 12.4. The monoisotopic (exact) mass is 325 g/mol. The molecule has 0 spiro atoms. The fourth-order valence-corrected chi connectivity index (χ4v) is 3.45. The van der Waals surface area contributed by atoms with Gasteiger partial charge in [0.15, 0.2) is 0 Å². The average Bonchev–Trinajstić information content (AvgIpc) is 2.54. The maximum Gasteiger partial charge on any atom is 0.330 e. The highest BCUT2D eigenvalue weighted by molar-refractivity contribution is 7.89. The molecule has 1 heterocycles. The van der Waals surface area contributed by atoms with Gasteiger partial charge in [-0.2, -0.15) is 4.31 Å². The summed E-state index contributed by atoms with van der Waals surface area (Å²) < 4.78 is 36.2. The van der Waals surface area contributed by atoms with E-state index in [2.05, 4.69) is 0 Å². The van der Waals surface area contributed by atoms with Crippen molar-refractivity contribution in [3.63, 3.8) is 0 Å². The topological polar surface area (TPSA) is 72.9 Å². The van der Waals surface area contributed by atoms with Gasteiger partial charge >= 0.3 is 5.97 Å². The van der Waals surface area contributed by atoms with E-state index in [-0.39, 0.29) is 4.90 Å². The summed E-state index contributed by atoms with van der Waals surface area (Å²) in [5.74, 6) is -0.424. The summed E-state index contributed by atoms with van der Waals surface area (Å²) >= 11 is 0. The van der Waals surface area contributed by atoms with Gasteiger partial charge in [-0.1, -0.05) is 12.1 Å². The van der Waals surface area contributed by atoms with Crippen molar-refractivity contribution in [1.29, 1.82) is 0 Å². The predicted molar refractivity (Wildman–Crippen MR) is 81.7 cm³/mol. The Kier molecular flexibility index (Phi) is 5.70. The van der Waals surface area contributed by atoms with Gasteiger partial charge in [0.25, 0.3) is 0 Å². The third-order valence-electron chi connectivity index (χ3n) is 3.19. The molecular weight excluding hydrogens is 306 g/mol. The highest BCUT2D eigenvalue weighted by atomic mass is 32.2. The van der Waals surface area contributed by atoms with Crippen molar-refractivity contribution < 1.29 is 22.7 Å². The maximum atomic E-state index is 12.4. The molecule has 1 fully saturated rings. The Hall–Kier alpha value is -1.70. The number of morpholine rings is 1. The summed E-state index contributed by atoms with van der Waals surface area (Å²) in [6, 6.07) is 6.39. The molecule has 6 nitrogen and oxygen atoms in total. The number of hydrogen-bond acceptors (Lipinski definition) is 5. The third kappa shape index (κ3) is 4.16. The Bertz CT molecular complexity index is 630. The molecule has 0 aromatic heterocycles. The summed E-state index contributed by atoms with van der Waals surface area (Å²) in [6.45, 7) is 3.62. The van der Waals surface area contributed by atoms with Crippen molar-refractivity contribution >= 4 is 22.1 Å². The van der Waals surface area contributed by atoms with Crippen LogP contribution in [0.2, 0.25) is 0 Å². The number of nitrogens with zero attached hydrogens (tertiary/aromatic N) is 1. The second-order valence-electron chi connectivity index (χ2n) is 4.67. The fourth-order valence-electron chi connectivity index (χ4n) is 2.04. The fraction of sp³-hybridized carbons (Fsp3) is 0.400. The van der Waals surface area contributed by atoms with E-state index in [0.717, 1.165) is 5.56 Å². The van der Waals surface area contributed by atoms with Crippen LogP contribution in [0.4, 0.5) is 0 Å². The molecule has 2 rings (SSSR count). The molecule has 0 unspecified atom stereocenters. The number of esters is 1. The molecule has 1 saturated heterocycles. The van der Waals surface area contributed by atoms with Crippen molar-refractivity contribution in [2.24, 2.45) is 0 Å². The predicted octanol–water partition coefficient (Wildman–Crippen LogP) is 1.28. The normalized spacial score (nSPS) is 16.8. The first-order valence-electron chi connectivity index (χ1n) is 7.07. The van der Waals surface area contributed by atoms with E-state index in [1.165, 1.54) is 22.5 Å². The summed E-state index contributed by atoms with van der Waals surface area (Å²) in [5, 5.41) is 0. The zero-order chi connectivity index (χ0) is 16.0. The van der Waals surface area contributed by atoms with Gasteiger partial charge in [-0.15, -0.1) is 0 Å². The first kappa shape index (κ1) is 16.7. The zero-order valence-electron chi connectivity index (χ0n) is 12.4. The van der Waals surface area contributed by atoms with Gasteiger partial charge in [0, 0.05) is 19.2 Å². The standard InChI is InChI=1S/C15H19NO5S/c1-2-21-15(17)8-5-13-3-6-14(7-4-13)22(18,19)16-9-11-20-12-10-16/h3-8H,2,9-12H2,1H3/b8-5+. The van der Waals surface area contributed by atoms with Crippen molar-refractivity contribution in [2.75, 3.05) is 32.9 Å². The van der Waals surface area contributed by atoms with Gasteiger partial charge in [-0.05, 0) is 30.7 Å². The van der Waals surface area contributed by atoms with Gasteiger partial charge in [0.1, 0.15) is 0 Å². The number of benzene rings is 1. The Morgan fingerprint density at radius 3 is 2.50 bits per heavy atom. The van der Waals surface area contributed by atoms with Crippen molar-refractivity contribution in [2.45, 2.75) is 11.8 Å². The molecule has 1 aromatic carbocycles. The Morgan fingerprint density at radius 1 is 1.27 bits per heavy atom. The molecular formula is C15H19NO5S. The molecule has 1 aliphatic heterocycles. The van der Waals surface area contributed by atoms with Crippen molar-refractivity contribution in [1.82, 2.24) is 4.31 Å². The van der Waals surface area contributed by atoms with Crippen LogP contribution >= 0.6 is 0 Å². The van der Waals surface area contributed by atoms with Crippen LogP contribution in [0.3, 0.4) is 0 Å². The highest BCUT2D eigenvalue weighted by Crippen LogP contribution is 2.18. The first-order valence-corrected chi connectivity index (χ1v) is 8.51. The Labute approximate surface area is 130 Å². The molecule has 0 saturated carbocycles. The highest BCUT2D eigenvalue weighted by Gasteiger charge is 2.25. The van der Waals surface area contributed by atoms with Crippen molar-refractivity contribution in [3.05, 3.63) is 35.9 Å². The average molecular weight is 325 g/mol. The van der Waals surface area contributed by atoms with E-state index < -0.39 is 16.0 Å². The largest absolute Gasteiger partial charge is 0.463 e. The van der Waals surface area contributed by atoms with E-state index in [1.54, 1.807) is 25.1 Å². The molecule has 1 aliphatic rings. The van der Waals surface area contributed by atoms with Gasteiger partial charge in [0.2, 0.25) is 10.0 Å². The zero-order valence-corrected chi connectivity index (χ0v) is 13.2. The number of rotatable bonds is 5. The molecule has 0 radical (unpaired) electrons. The Balaban J connectivity index is 2.09. The van der Waals surface area contributed by atoms with Gasteiger partial charge in [-0.25, -0.2) is 13.2 Å². The lowest BCUT2D eigenvalue weighted by Crippen LogP contribution is -2.40. The first-order chi connectivity index (χ1) is 10.5. The lowest BCUT2D eigenvalue weighted by molar-refractivity contribution is -0.137. The number of ether oxygens (including phenoxy) is 2. The van der Waals surface area contributed by atoms with Gasteiger partial charge < -0.3 is 9.47 Å². The molecule has 22 heavy (non-hydrogen) atoms. The van der Waals surface area contributed by atoms with Crippen LogP contribution in [0.25, 0.3) is 6.08 Å². The van der Waals surface area contributed by atoms with E-state index in [0.29, 0.717) is 32.9 Å². The minimum Gasteiger partial charge on any atom is -0.463 e. The van der Waals surface area contributed by atoms with Crippen LogP contribution in [-0.4, -0.2) is 51.6 Å².